The number of carboxylic acids is 3. The largest absolute Gasteiger partial charge is 0.497 e. The van der Waals surface area contributed by atoms with Gasteiger partial charge in [-0.2, -0.15) is 0 Å². The topological polar surface area (TPSA) is 179 Å². The van der Waals surface area contributed by atoms with E-state index in [9.17, 15) is 14.4 Å². The molecule has 1 aliphatic rings. The summed E-state index contributed by atoms with van der Waals surface area (Å²) in [5.41, 5.74) is -0.0739. The zero-order valence-electron chi connectivity index (χ0n) is 25.1. The number of carbonyl (C=O) groups is 3. The summed E-state index contributed by atoms with van der Waals surface area (Å²) in [5, 5.41) is 37.6. The minimum atomic E-state index is -2.74. The first-order chi connectivity index (χ1) is 19.5. The Kier molecular flexibility index (Phi) is 11.8. The molecule has 1 aliphatic heterocycles. The van der Waals surface area contributed by atoms with Gasteiger partial charge in [0.05, 0.1) is 27.1 Å². The summed E-state index contributed by atoms with van der Waals surface area (Å²) in [6, 6.07) is 10.8. The Labute approximate surface area is 246 Å². The minimum absolute atomic E-state index is 0.0922. The van der Waals surface area contributed by atoms with Crippen molar-refractivity contribution in [3.63, 3.8) is 0 Å². The summed E-state index contributed by atoms with van der Waals surface area (Å²) in [6.45, 7) is 11.0. The molecule has 12 nitrogen and oxygen atoms in total. The third-order valence-electron chi connectivity index (χ3n) is 6.90. The van der Waals surface area contributed by atoms with Crippen LogP contribution in [0.1, 0.15) is 64.5 Å². The van der Waals surface area contributed by atoms with Crippen molar-refractivity contribution in [3.05, 3.63) is 53.9 Å². The van der Waals surface area contributed by atoms with E-state index in [0.717, 1.165) is 37.4 Å². The van der Waals surface area contributed by atoms with Crippen molar-refractivity contribution in [2.75, 3.05) is 14.2 Å². The summed E-state index contributed by atoms with van der Waals surface area (Å²) in [4.78, 5) is 37.3. The van der Waals surface area contributed by atoms with Crippen molar-refractivity contribution >= 4 is 17.9 Å². The highest BCUT2D eigenvalue weighted by Crippen LogP contribution is 2.34. The lowest BCUT2D eigenvalue weighted by Crippen LogP contribution is -2.62. The molecule has 12 heteroatoms. The summed E-state index contributed by atoms with van der Waals surface area (Å²) in [5.74, 6) is -3.36. The number of carboxylic acid groups (broad SMARTS) is 3. The second-order valence-electron chi connectivity index (χ2n) is 11.9. The lowest BCUT2D eigenvalue weighted by atomic mass is 9.78. The Bertz CT molecular complexity index is 1160. The number of piperidine rings is 1. The van der Waals surface area contributed by atoms with E-state index < -0.39 is 36.4 Å². The van der Waals surface area contributed by atoms with Gasteiger partial charge in [0.2, 0.25) is 0 Å². The van der Waals surface area contributed by atoms with Crippen molar-refractivity contribution in [3.8, 4) is 11.5 Å². The number of rotatable bonds is 12. The lowest BCUT2D eigenvalue weighted by molar-refractivity contribution is -0.170. The molecule has 1 saturated heterocycles. The first-order valence-electron chi connectivity index (χ1n) is 13.5. The van der Waals surface area contributed by atoms with Gasteiger partial charge in [-0.3, -0.25) is 19.5 Å². The number of methoxy groups -OCH3 is 2. The van der Waals surface area contributed by atoms with Crippen LogP contribution in [0.3, 0.4) is 0 Å². The van der Waals surface area contributed by atoms with Gasteiger partial charge in [0.1, 0.15) is 11.5 Å². The zero-order valence-corrected chi connectivity index (χ0v) is 25.1. The molecular weight excluding hydrogens is 546 g/mol. The van der Waals surface area contributed by atoms with E-state index in [0.29, 0.717) is 6.04 Å². The molecule has 1 aromatic heterocycles. The van der Waals surface area contributed by atoms with Gasteiger partial charge in [0, 0.05) is 48.7 Å². The van der Waals surface area contributed by atoms with Crippen LogP contribution in [0.2, 0.25) is 0 Å². The Morgan fingerprint density at radius 1 is 0.881 bits per heavy atom. The summed E-state index contributed by atoms with van der Waals surface area (Å²) in [7, 11) is 3.40. The molecule has 0 aliphatic carbocycles. The highest BCUT2D eigenvalue weighted by molar-refractivity contribution is 5.88. The maximum Gasteiger partial charge on any atom is 0.336 e. The van der Waals surface area contributed by atoms with Crippen molar-refractivity contribution in [1.29, 1.82) is 0 Å². The highest BCUT2D eigenvalue weighted by atomic mass is 16.5. The van der Waals surface area contributed by atoms with Gasteiger partial charge >= 0.3 is 17.9 Å². The lowest BCUT2D eigenvalue weighted by Gasteiger charge is -2.49. The van der Waals surface area contributed by atoms with Crippen molar-refractivity contribution in [2.24, 2.45) is 0 Å². The number of aliphatic hydroxyl groups is 1. The first kappa shape index (κ1) is 34.5. The number of pyridine rings is 1. The van der Waals surface area contributed by atoms with E-state index in [1.165, 1.54) is 11.1 Å². The molecule has 0 amide bonds. The van der Waals surface area contributed by atoms with Crippen LogP contribution in [0.25, 0.3) is 0 Å². The number of aliphatic carboxylic acids is 3. The SMILES string of the molecule is COc1cc(CN(Cc2ccncc2)C2CC(C)(C)NC(C)(C)C2)cc(OC)c1.O=C(O)CC(O)(CC(=O)O)C(=O)O. The van der Waals surface area contributed by atoms with Gasteiger partial charge in [0.15, 0.2) is 5.60 Å². The Morgan fingerprint density at radius 2 is 1.33 bits per heavy atom. The molecule has 3 rings (SSSR count). The third-order valence-corrected chi connectivity index (χ3v) is 6.90. The number of hydrogen-bond donors (Lipinski definition) is 5. The second-order valence-corrected chi connectivity index (χ2v) is 11.9. The minimum Gasteiger partial charge on any atom is -0.497 e. The molecular formula is C30H43N3O9. The van der Waals surface area contributed by atoms with Crippen LogP contribution < -0.4 is 14.8 Å². The van der Waals surface area contributed by atoms with Crippen molar-refractivity contribution in [2.45, 2.75) is 89.2 Å². The van der Waals surface area contributed by atoms with E-state index in [2.05, 4.69) is 67.2 Å². The Morgan fingerprint density at radius 3 is 1.74 bits per heavy atom. The molecule has 0 bridgehead atoms. The number of ether oxygens (including phenoxy) is 2. The van der Waals surface area contributed by atoms with E-state index in [1.807, 2.05) is 18.5 Å². The quantitative estimate of drug-likeness (QED) is 0.245. The first-order valence-corrected chi connectivity index (χ1v) is 13.5. The summed E-state index contributed by atoms with van der Waals surface area (Å²) in [6.07, 6.45) is 3.66. The highest BCUT2D eigenvalue weighted by Gasteiger charge is 2.41. The van der Waals surface area contributed by atoms with Crippen LogP contribution >= 0.6 is 0 Å². The summed E-state index contributed by atoms with van der Waals surface area (Å²) < 4.78 is 11.0. The van der Waals surface area contributed by atoms with Crippen LogP contribution in [-0.2, 0) is 27.5 Å². The average Bonchev–Trinajstić information content (AvgIpc) is 2.86. The van der Waals surface area contributed by atoms with E-state index >= 15 is 0 Å². The molecule has 232 valence electrons. The zero-order chi connectivity index (χ0) is 31.7. The molecule has 2 heterocycles. The predicted octanol–water partition coefficient (Wildman–Crippen LogP) is 3.16. The number of nitrogens with one attached hydrogen (secondary N) is 1. The van der Waals surface area contributed by atoms with Gasteiger partial charge in [-0.15, -0.1) is 0 Å². The third kappa shape index (κ3) is 10.9. The molecule has 2 aromatic rings. The van der Waals surface area contributed by atoms with E-state index in [4.69, 9.17) is 29.9 Å². The van der Waals surface area contributed by atoms with Gasteiger partial charge < -0.3 is 35.2 Å². The van der Waals surface area contributed by atoms with Crippen LogP contribution in [0.15, 0.2) is 42.7 Å². The molecule has 42 heavy (non-hydrogen) atoms. The fourth-order valence-corrected chi connectivity index (χ4v) is 5.47. The standard InChI is InChI=1S/C24H35N3O2.C6H8O7/c1-23(2)14-20(15-24(3,4)26-23)27(16-18-7-9-25-10-8-18)17-19-11-21(28-5)13-22(12-19)29-6;7-3(8)1-6(13,5(11)12)2-4(9)10/h7-13,20,26H,14-17H2,1-6H3;13H,1-2H2,(H,7,8)(H,9,10)(H,11,12). The van der Waals surface area contributed by atoms with Gasteiger partial charge in [-0.1, -0.05) is 0 Å². The Balaban J connectivity index is 0.000000401. The second kappa shape index (κ2) is 14.4. The number of aromatic nitrogens is 1. The Hall–Kier alpha value is -3.74. The van der Waals surface area contributed by atoms with Crippen LogP contribution in [-0.4, -0.2) is 85.2 Å². The molecule has 0 saturated carbocycles. The normalized spacial score (nSPS) is 16.2. The molecule has 1 fully saturated rings. The van der Waals surface area contributed by atoms with Crippen molar-refractivity contribution in [1.82, 2.24) is 15.2 Å². The predicted molar refractivity (Wildman–Crippen MR) is 154 cm³/mol. The molecule has 5 N–H and O–H groups in total. The fraction of sp³-hybridized carbons (Fsp3) is 0.533. The van der Waals surface area contributed by atoms with Crippen LogP contribution in [0.5, 0.6) is 11.5 Å². The average molecular weight is 590 g/mol. The fourth-order valence-electron chi connectivity index (χ4n) is 5.47. The number of nitrogens with zero attached hydrogens (tertiary/aromatic N) is 2. The van der Waals surface area contributed by atoms with Gasteiger partial charge in [-0.25, -0.2) is 4.79 Å². The van der Waals surface area contributed by atoms with Gasteiger partial charge in [0.25, 0.3) is 0 Å². The number of benzene rings is 1. The number of hydrogen-bond acceptors (Lipinski definition) is 9. The maximum absolute atomic E-state index is 10.3. The summed E-state index contributed by atoms with van der Waals surface area (Å²) >= 11 is 0. The van der Waals surface area contributed by atoms with Gasteiger partial charge in [-0.05, 0) is 75.9 Å². The molecule has 1 aromatic carbocycles. The molecule has 0 atom stereocenters. The monoisotopic (exact) mass is 589 g/mol. The maximum atomic E-state index is 10.3. The van der Waals surface area contributed by atoms with Crippen LogP contribution in [0, 0.1) is 0 Å². The van der Waals surface area contributed by atoms with E-state index in [-0.39, 0.29) is 11.1 Å². The van der Waals surface area contributed by atoms with E-state index in [1.54, 1.807) is 14.2 Å². The smallest absolute Gasteiger partial charge is 0.336 e. The molecule has 0 unspecified atom stereocenters. The molecule has 0 radical (unpaired) electrons. The van der Waals surface area contributed by atoms with Crippen LogP contribution in [0.4, 0.5) is 0 Å². The van der Waals surface area contributed by atoms with Crippen molar-refractivity contribution < 1.29 is 44.3 Å². The molecule has 0 spiro atoms.